The normalized spacial score (nSPS) is 28.1. The highest BCUT2D eigenvalue weighted by atomic mass is 16.5. The van der Waals surface area contributed by atoms with Crippen LogP contribution in [0.5, 0.6) is 0 Å². The molecular formula is C14H11N3O. The zero-order valence-corrected chi connectivity index (χ0v) is 9.71. The van der Waals surface area contributed by atoms with E-state index in [2.05, 4.69) is 34.4 Å². The fourth-order valence-corrected chi connectivity index (χ4v) is 2.64. The smallest absolute Gasteiger partial charge is 0.231 e. The Morgan fingerprint density at radius 2 is 2.22 bits per heavy atom. The van der Waals surface area contributed by atoms with Crippen LogP contribution in [0, 0.1) is 17.2 Å². The summed E-state index contributed by atoms with van der Waals surface area (Å²) >= 11 is 0. The van der Waals surface area contributed by atoms with Crippen LogP contribution in [0.4, 0.5) is 0 Å². The minimum atomic E-state index is 0.0759. The third kappa shape index (κ3) is 1.31. The Hall–Kier alpha value is -2.15. The molecule has 2 aromatic rings. The molecule has 2 aliphatic carbocycles. The van der Waals surface area contributed by atoms with Crippen LogP contribution >= 0.6 is 0 Å². The van der Waals surface area contributed by atoms with Crippen LogP contribution in [0.25, 0.3) is 0 Å². The monoisotopic (exact) mass is 237 g/mol. The van der Waals surface area contributed by atoms with Crippen LogP contribution in [0.15, 0.2) is 28.8 Å². The fraction of sp³-hybridized carbons (Fsp3) is 0.357. The van der Waals surface area contributed by atoms with Crippen molar-refractivity contribution >= 4 is 0 Å². The molecule has 0 bridgehead atoms. The van der Waals surface area contributed by atoms with E-state index < -0.39 is 0 Å². The summed E-state index contributed by atoms with van der Waals surface area (Å²) in [5.74, 6) is 1.93. The van der Waals surface area contributed by atoms with Gasteiger partial charge in [0.15, 0.2) is 5.82 Å². The van der Waals surface area contributed by atoms with Gasteiger partial charge >= 0.3 is 0 Å². The summed E-state index contributed by atoms with van der Waals surface area (Å²) in [6.07, 6.45) is 1.85. The van der Waals surface area contributed by atoms with E-state index in [1.165, 1.54) is 11.1 Å². The second-order valence-corrected chi connectivity index (χ2v) is 5.02. The molecule has 4 rings (SSSR count). The number of rotatable bonds is 2. The van der Waals surface area contributed by atoms with Crippen LogP contribution in [0.2, 0.25) is 0 Å². The van der Waals surface area contributed by atoms with E-state index in [1.807, 2.05) is 6.07 Å². The minimum Gasteiger partial charge on any atom is -0.339 e. The molecule has 3 atom stereocenters. The number of fused-ring (bicyclic) bond motifs is 1. The molecular weight excluding hydrogens is 226 g/mol. The number of hydrogen-bond acceptors (Lipinski definition) is 4. The van der Waals surface area contributed by atoms with E-state index in [4.69, 9.17) is 9.78 Å². The van der Waals surface area contributed by atoms with Gasteiger partial charge in [-0.3, -0.25) is 0 Å². The molecule has 4 nitrogen and oxygen atoms in total. The molecule has 4 heteroatoms. The van der Waals surface area contributed by atoms with Gasteiger partial charge in [-0.15, -0.1) is 0 Å². The summed E-state index contributed by atoms with van der Waals surface area (Å²) in [5.41, 5.74) is 2.67. The van der Waals surface area contributed by atoms with Gasteiger partial charge in [0, 0.05) is 0 Å². The van der Waals surface area contributed by atoms with Gasteiger partial charge in [0.05, 0.1) is 23.8 Å². The van der Waals surface area contributed by atoms with Crippen LogP contribution in [0.1, 0.15) is 41.1 Å². The lowest BCUT2D eigenvalue weighted by Crippen LogP contribution is -2.19. The molecule has 0 aliphatic heterocycles. The maximum absolute atomic E-state index is 8.80. The van der Waals surface area contributed by atoms with E-state index >= 15 is 0 Å². The van der Waals surface area contributed by atoms with Gasteiger partial charge in [-0.05, 0) is 24.0 Å². The molecule has 1 heterocycles. The Morgan fingerprint density at radius 1 is 1.33 bits per heavy atom. The number of benzene rings is 1. The number of nitrogens with zero attached hydrogens (tertiary/aromatic N) is 3. The topological polar surface area (TPSA) is 62.7 Å². The zero-order valence-electron chi connectivity index (χ0n) is 9.71. The molecule has 1 saturated carbocycles. The largest absolute Gasteiger partial charge is 0.339 e. The van der Waals surface area contributed by atoms with Crippen molar-refractivity contribution in [1.82, 2.24) is 10.1 Å². The van der Waals surface area contributed by atoms with Crippen molar-refractivity contribution in [3.63, 3.8) is 0 Å². The highest BCUT2D eigenvalue weighted by Crippen LogP contribution is 2.47. The Bertz CT molecular complexity index is 655. The third-order valence-electron chi connectivity index (χ3n) is 3.90. The minimum absolute atomic E-state index is 0.0759. The molecule has 1 aromatic heterocycles. The summed E-state index contributed by atoms with van der Waals surface area (Å²) in [6.45, 7) is 0. The average Bonchev–Trinajstić information content (AvgIpc) is 3.02. The van der Waals surface area contributed by atoms with Gasteiger partial charge in [0.1, 0.15) is 0 Å². The fourth-order valence-electron chi connectivity index (χ4n) is 2.64. The van der Waals surface area contributed by atoms with Crippen molar-refractivity contribution in [3.8, 4) is 6.07 Å². The van der Waals surface area contributed by atoms with Crippen LogP contribution < -0.4 is 0 Å². The van der Waals surface area contributed by atoms with E-state index in [0.717, 1.165) is 18.7 Å². The van der Waals surface area contributed by atoms with E-state index in [0.29, 0.717) is 5.89 Å². The molecule has 3 unspecified atom stereocenters. The highest BCUT2D eigenvalue weighted by molar-refractivity contribution is 5.43. The van der Waals surface area contributed by atoms with Crippen LogP contribution in [-0.2, 0) is 6.42 Å². The van der Waals surface area contributed by atoms with Crippen molar-refractivity contribution in [2.24, 2.45) is 5.92 Å². The number of nitriles is 1. The molecule has 1 aromatic carbocycles. The molecule has 18 heavy (non-hydrogen) atoms. The van der Waals surface area contributed by atoms with Crippen LogP contribution in [-0.4, -0.2) is 10.1 Å². The van der Waals surface area contributed by atoms with Crippen molar-refractivity contribution < 1.29 is 4.52 Å². The predicted molar refractivity (Wildman–Crippen MR) is 62.7 cm³/mol. The van der Waals surface area contributed by atoms with Gasteiger partial charge in [-0.1, -0.05) is 29.4 Å². The Morgan fingerprint density at radius 3 is 3.00 bits per heavy atom. The Balaban J connectivity index is 1.60. The lowest BCUT2D eigenvalue weighted by Gasteiger charge is -2.27. The summed E-state index contributed by atoms with van der Waals surface area (Å²) in [4.78, 5) is 4.46. The molecule has 0 N–H and O–H groups in total. The lowest BCUT2D eigenvalue weighted by molar-refractivity contribution is 0.369. The molecule has 0 saturated heterocycles. The average molecular weight is 237 g/mol. The Labute approximate surface area is 104 Å². The standard InChI is InChI=1S/C14H11N3O/c15-7-9-6-11(9)14-16-13(17-18-14)12-5-8-3-1-2-4-10(8)12/h1-4,9,11-12H,5-6H2. The molecule has 1 fully saturated rings. The second kappa shape index (κ2) is 3.42. The maximum atomic E-state index is 8.80. The predicted octanol–water partition coefficient (Wildman–Crippen LogP) is 2.38. The first kappa shape index (κ1) is 9.84. The van der Waals surface area contributed by atoms with Crippen molar-refractivity contribution in [3.05, 3.63) is 47.1 Å². The first-order valence-electron chi connectivity index (χ1n) is 6.17. The van der Waals surface area contributed by atoms with E-state index in [1.54, 1.807) is 0 Å². The quantitative estimate of drug-likeness (QED) is 0.804. The third-order valence-corrected chi connectivity index (χ3v) is 3.90. The lowest BCUT2D eigenvalue weighted by atomic mass is 9.77. The van der Waals surface area contributed by atoms with Gasteiger partial charge in [-0.2, -0.15) is 10.2 Å². The summed E-state index contributed by atoms with van der Waals surface area (Å²) in [7, 11) is 0. The molecule has 0 radical (unpaired) electrons. The SMILES string of the molecule is N#CC1CC1c1nc(C2Cc3ccccc32)no1. The van der Waals surface area contributed by atoms with Gasteiger partial charge < -0.3 is 4.52 Å². The van der Waals surface area contributed by atoms with Crippen molar-refractivity contribution in [1.29, 1.82) is 5.26 Å². The molecule has 0 amide bonds. The van der Waals surface area contributed by atoms with Gasteiger partial charge in [0.2, 0.25) is 5.89 Å². The zero-order chi connectivity index (χ0) is 12.1. The highest BCUT2D eigenvalue weighted by Gasteiger charge is 2.44. The van der Waals surface area contributed by atoms with Crippen molar-refractivity contribution in [2.45, 2.75) is 24.7 Å². The molecule has 88 valence electrons. The summed E-state index contributed by atoms with van der Waals surface area (Å²) < 4.78 is 5.28. The summed E-state index contributed by atoms with van der Waals surface area (Å²) in [5, 5.41) is 12.9. The first-order valence-corrected chi connectivity index (χ1v) is 6.17. The van der Waals surface area contributed by atoms with Gasteiger partial charge in [-0.25, -0.2) is 0 Å². The van der Waals surface area contributed by atoms with E-state index in [9.17, 15) is 0 Å². The second-order valence-electron chi connectivity index (χ2n) is 5.02. The first-order chi connectivity index (χ1) is 8.86. The number of hydrogen-bond donors (Lipinski definition) is 0. The summed E-state index contributed by atoms with van der Waals surface area (Å²) in [6, 6.07) is 10.6. The Kier molecular flexibility index (Phi) is 1.87. The molecule has 0 spiro atoms. The van der Waals surface area contributed by atoms with Gasteiger partial charge in [0.25, 0.3) is 0 Å². The van der Waals surface area contributed by atoms with Crippen molar-refractivity contribution in [2.75, 3.05) is 0 Å². The maximum Gasteiger partial charge on any atom is 0.231 e. The molecule has 2 aliphatic rings. The van der Waals surface area contributed by atoms with E-state index in [-0.39, 0.29) is 17.8 Å². The number of aromatic nitrogens is 2. The van der Waals surface area contributed by atoms with Crippen LogP contribution in [0.3, 0.4) is 0 Å².